The van der Waals surface area contributed by atoms with Crippen molar-refractivity contribution in [1.29, 1.82) is 5.26 Å². The smallest absolute Gasteiger partial charge is 0.172 e. The Morgan fingerprint density at radius 1 is 1.56 bits per heavy atom. The molecule has 0 saturated carbocycles. The standard InChI is InChI=1S/C14H17NO3/c1-14(2)8-10-4-3-5-11(13(10)18-14)12(9-15)17-7-6-16/h3-5,12,16H,6-8H2,1-2H3. The summed E-state index contributed by atoms with van der Waals surface area (Å²) in [7, 11) is 0. The number of para-hydroxylation sites is 1. The number of benzene rings is 1. The molecule has 0 fully saturated rings. The minimum atomic E-state index is -0.694. The maximum absolute atomic E-state index is 9.16. The topological polar surface area (TPSA) is 62.5 Å². The van der Waals surface area contributed by atoms with Crippen molar-refractivity contribution in [3.8, 4) is 11.8 Å². The molecule has 18 heavy (non-hydrogen) atoms. The van der Waals surface area contributed by atoms with Gasteiger partial charge in [-0.2, -0.15) is 5.26 Å². The lowest BCUT2D eigenvalue weighted by Crippen LogP contribution is -2.25. The van der Waals surface area contributed by atoms with Gasteiger partial charge in [0.25, 0.3) is 0 Å². The minimum Gasteiger partial charge on any atom is -0.487 e. The number of aliphatic hydroxyl groups excluding tert-OH is 1. The van der Waals surface area contributed by atoms with Crippen LogP contribution in [0.4, 0.5) is 0 Å². The molecule has 0 spiro atoms. The molecule has 0 aromatic heterocycles. The van der Waals surface area contributed by atoms with Crippen LogP contribution in [0.1, 0.15) is 31.1 Å². The molecule has 0 radical (unpaired) electrons. The fraction of sp³-hybridized carbons (Fsp3) is 0.500. The van der Waals surface area contributed by atoms with E-state index >= 15 is 0 Å². The van der Waals surface area contributed by atoms with Crippen LogP contribution in [0.5, 0.6) is 5.75 Å². The number of ether oxygens (including phenoxy) is 2. The first-order valence-electron chi connectivity index (χ1n) is 6.00. The summed E-state index contributed by atoms with van der Waals surface area (Å²) in [6.45, 7) is 4.09. The van der Waals surface area contributed by atoms with Crippen LogP contribution in [0, 0.1) is 11.3 Å². The molecule has 4 nitrogen and oxygen atoms in total. The average Bonchev–Trinajstić information content (AvgIpc) is 2.64. The molecule has 0 aliphatic carbocycles. The fourth-order valence-corrected chi connectivity index (χ4v) is 2.21. The molecule has 1 unspecified atom stereocenters. The first-order chi connectivity index (χ1) is 8.57. The molecule has 0 bridgehead atoms. The molecule has 1 N–H and O–H groups in total. The summed E-state index contributed by atoms with van der Waals surface area (Å²) in [5, 5.41) is 17.9. The maximum Gasteiger partial charge on any atom is 0.172 e. The van der Waals surface area contributed by atoms with Crippen molar-refractivity contribution in [1.82, 2.24) is 0 Å². The van der Waals surface area contributed by atoms with Gasteiger partial charge in [-0.15, -0.1) is 0 Å². The summed E-state index contributed by atoms with van der Waals surface area (Å²) in [5.74, 6) is 0.756. The van der Waals surface area contributed by atoms with Gasteiger partial charge >= 0.3 is 0 Å². The van der Waals surface area contributed by atoms with E-state index in [1.807, 2.05) is 32.0 Å². The molecule has 2 rings (SSSR count). The lowest BCUT2D eigenvalue weighted by Gasteiger charge is -2.19. The molecule has 1 aliphatic heterocycles. The SMILES string of the molecule is CC1(C)Cc2cccc(C(C#N)OCCO)c2O1. The number of hydrogen-bond acceptors (Lipinski definition) is 4. The second-order valence-electron chi connectivity index (χ2n) is 4.98. The summed E-state index contributed by atoms with van der Waals surface area (Å²) in [6.07, 6.45) is 0.134. The van der Waals surface area contributed by atoms with E-state index in [-0.39, 0.29) is 18.8 Å². The summed E-state index contributed by atoms with van der Waals surface area (Å²) in [4.78, 5) is 0. The van der Waals surface area contributed by atoms with Crippen LogP contribution in [0.2, 0.25) is 0 Å². The zero-order valence-electron chi connectivity index (χ0n) is 10.6. The Balaban J connectivity index is 2.31. The number of nitrogens with zero attached hydrogens (tertiary/aromatic N) is 1. The Hall–Kier alpha value is -1.57. The molecule has 0 saturated heterocycles. The predicted molar refractivity (Wildman–Crippen MR) is 66.2 cm³/mol. The Bertz CT molecular complexity index is 476. The minimum absolute atomic E-state index is 0.0977. The van der Waals surface area contributed by atoms with Gasteiger partial charge < -0.3 is 14.6 Å². The van der Waals surface area contributed by atoms with Crippen LogP contribution in [0.25, 0.3) is 0 Å². The first kappa shape index (κ1) is 12.9. The summed E-state index contributed by atoms with van der Waals surface area (Å²) in [6, 6.07) is 7.85. The van der Waals surface area contributed by atoms with E-state index in [0.29, 0.717) is 0 Å². The third kappa shape index (κ3) is 2.47. The zero-order chi connectivity index (χ0) is 13.2. The van der Waals surface area contributed by atoms with Crippen molar-refractivity contribution in [2.75, 3.05) is 13.2 Å². The van der Waals surface area contributed by atoms with Gasteiger partial charge in [0.15, 0.2) is 6.10 Å². The third-order valence-electron chi connectivity index (χ3n) is 2.90. The quantitative estimate of drug-likeness (QED) is 0.883. The summed E-state index contributed by atoms with van der Waals surface area (Å²) >= 11 is 0. The van der Waals surface area contributed by atoms with Crippen molar-refractivity contribution in [3.05, 3.63) is 29.3 Å². The number of rotatable bonds is 4. The second kappa shape index (κ2) is 4.97. The normalized spacial score (nSPS) is 17.7. The number of hydrogen-bond donors (Lipinski definition) is 1. The van der Waals surface area contributed by atoms with Crippen molar-refractivity contribution in [3.63, 3.8) is 0 Å². The lowest BCUT2D eigenvalue weighted by atomic mass is 9.99. The molecule has 1 aliphatic rings. The number of nitriles is 1. The monoisotopic (exact) mass is 247 g/mol. The van der Waals surface area contributed by atoms with Crippen LogP contribution in [-0.2, 0) is 11.2 Å². The Morgan fingerprint density at radius 2 is 2.33 bits per heavy atom. The van der Waals surface area contributed by atoms with Crippen molar-refractivity contribution in [2.45, 2.75) is 32.0 Å². The lowest BCUT2D eigenvalue weighted by molar-refractivity contribution is 0.0544. The van der Waals surface area contributed by atoms with Gasteiger partial charge in [0, 0.05) is 12.0 Å². The van der Waals surface area contributed by atoms with Crippen LogP contribution >= 0.6 is 0 Å². The molecule has 4 heteroatoms. The van der Waals surface area contributed by atoms with Crippen LogP contribution < -0.4 is 4.74 Å². The van der Waals surface area contributed by atoms with E-state index in [1.165, 1.54) is 0 Å². The van der Waals surface area contributed by atoms with E-state index in [1.54, 1.807) is 0 Å². The van der Waals surface area contributed by atoms with Crippen LogP contribution in [-0.4, -0.2) is 23.9 Å². The van der Waals surface area contributed by atoms with E-state index in [9.17, 15) is 0 Å². The average molecular weight is 247 g/mol. The van der Waals surface area contributed by atoms with Crippen molar-refractivity contribution < 1.29 is 14.6 Å². The number of aliphatic hydroxyl groups is 1. The Morgan fingerprint density at radius 3 is 3.00 bits per heavy atom. The third-order valence-corrected chi connectivity index (χ3v) is 2.90. The second-order valence-corrected chi connectivity index (χ2v) is 4.98. The van der Waals surface area contributed by atoms with E-state index in [0.717, 1.165) is 23.3 Å². The summed E-state index contributed by atoms with van der Waals surface area (Å²) in [5.41, 5.74) is 1.61. The molecule has 0 amide bonds. The van der Waals surface area contributed by atoms with Gasteiger partial charge in [-0.3, -0.25) is 0 Å². The van der Waals surface area contributed by atoms with E-state index < -0.39 is 6.10 Å². The highest BCUT2D eigenvalue weighted by molar-refractivity contribution is 5.48. The Kier molecular flexibility index (Phi) is 3.55. The highest BCUT2D eigenvalue weighted by Gasteiger charge is 2.33. The number of fused-ring (bicyclic) bond motifs is 1. The van der Waals surface area contributed by atoms with E-state index in [2.05, 4.69) is 6.07 Å². The molecular weight excluding hydrogens is 230 g/mol. The molecule has 1 aromatic rings. The van der Waals surface area contributed by atoms with Gasteiger partial charge in [0.2, 0.25) is 0 Å². The Labute approximate surface area is 107 Å². The van der Waals surface area contributed by atoms with Gasteiger partial charge in [0.1, 0.15) is 11.4 Å². The van der Waals surface area contributed by atoms with Gasteiger partial charge in [-0.1, -0.05) is 18.2 Å². The predicted octanol–water partition coefficient (Wildman–Crippen LogP) is 1.97. The van der Waals surface area contributed by atoms with E-state index in [4.69, 9.17) is 19.8 Å². The zero-order valence-corrected chi connectivity index (χ0v) is 10.6. The molecule has 1 atom stereocenters. The van der Waals surface area contributed by atoms with Crippen molar-refractivity contribution >= 4 is 0 Å². The van der Waals surface area contributed by atoms with Gasteiger partial charge in [0.05, 0.1) is 19.3 Å². The highest BCUT2D eigenvalue weighted by Crippen LogP contribution is 2.40. The fourth-order valence-electron chi connectivity index (χ4n) is 2.21. The van der Waals surface area contributed by atoms with Gasteiger partial charge in [-0.05, 0) is 19.4 Å². The first-order valence-corrected chi connectivity index (χ1v) is 6.00. The molecule has 1 aromatic carbocycles. The highest BCUT2D eigenvalue weighted by atomic mass is 16.5. The van der Waals surface area contributed by atoms with Crippen molar-refractivity contribution in [2.24, 2.45) is 0 Å². The maximum atomic E-state index is 9.16. The van der Waals surface area contributed by atoms with Crippen LogP contribution in [0.15, 0.2) is 18.2 Å². The molecule has 1 heterocycles. The summed E-state index contributed by atoms with van der Waals surface area (Å²) < 4.78 is 11.2. The molecular formula is C14H17NO3. The molecule has 96 valence electrons. The largest absolute Gasteiger partial charge is 0.487 e. The van der Waals surface area contributed by atoms with Crippen LogP contribution in [0.3, 0.4) is 0 Å². The van der Waals surface area contributed by atoms with Gasteiger partial charge in [-0.25, -0.2) is 0 Å².